The Labute approximate surface area is 187 Å². The van der Waals surface area contributed by atoms with Crippen molar-refractivity contribution in [3.63, 3.8) is 0 Å². The van der Waals surface area contributed by atoms with Gasteiger partial charge in [0.2, 0.25) is 10.0 Å². The minimum absolute atomic E-state index is 0.0195. The fourth-order valence-electron chi connectivity index (χ4n) is 3.17. The molecular weight excluding hydrogens is 442 g/mol. The zero-order valence-electron chi connectivity index (χ0n) is 17.2. The number of aliphatic hydroxyl groups is 1. The van der Waals surface area contributed by atoms with Crippen molar-refractivity contribution in [3.8, 4) is 0 Å². The summed E-state index contributed by atoms with van der Waals surface area (Å²) in [7, 11) is -0.838. The predicted molar refractivity (Wildman–Crippen MR) is 124 cm³/mol. The minimum atomic E-state index is -3.75. The summed E-state index contributed by atoms with van der Waals surface area (Å²) in [6.45, 7) is 2.68. The highest BCUT2D eigenvalue weighted by Crippen LogP contribution is 2.41. The maximum atomic E-state index is 12.7. The molecule has 9 heteroatoms. The van der Waals surface area contributed by atoms with E-state index >= 15 is 0 Å². The number of hydrogen-bond acceptors (Lipinski definition) is 5. The van der Waals surface area contributed by atoms with Gasteiger partial charge in [0.15, 0.2) is 10.9 Å². The summed E-state index contributed by atoms with van der Waals surface area (Å²) in [5, 5.41) is 12.5. The largest absolute Gasteiger partial charge is 0.366 e. The van der Waals surface area contributed by atoms with Crippen LogP contribution in [0.1, 0.15) is 25.3 Å². The molecule has 6 nitrogen and oxygen atoms in total. The van der Waals surface area contributed by atoms with E-state index < -0.39 is 15.7 Å². The van der Waals surface area contributed by atoms with E-state index in [0.717, 1.165) is 22.8 Å². The lowest BCUT2D eigenvalue weighted by Gasteiger charge is -2.35. The van der Waals surface area contributed by atoms with Crippen LogP contribution in [0.4, 0.5) is 5.69 Å². The highest BCUT2D eigenvalue weighted by atomic mass is 35.5. The zero-order valence-corrected chi connectivity index (χ0v) is 19.6. The summed E-state index contributed by atoms with van der Waals surface area (Å²) in [5.74, 6) is 0.339. The lowest BCUT2D eigenvalue weighted by atomic mass is 10.0. The normalized spacial score (nSPS) is 21.0. The molecule has 0 aliphatic carbocycles. The van der Waals surface area contributed by atoms with Crippen molar-refractivity contribution in [2.75, 3.05) is 26.4 Å². The summed E-state index contributed by atoms with van der Waals surface area (Å²) >= 11 is 7.66. The van der Waals surface area contributed by atoms with Gasteiger partial charge in [-0.25, -0.2) is 17.7 Å². The van der Waals surface area contributed by atoms with Gasteiger partial charge in [-0.3, -0.25) is 0 Å². The number of rotatable bonds is 7. The molecule has 1 unspecified atom stereocenters. The maximum Gasteiger partial charge on any atom is 0.244 e. The Morgan fingerprint density at radius 1 is 1.23 bits per heavy atom. The first-order valence-electron chi connectivity index (χ1n) is 9.69. The first-order chi connectivity index (χ1) is 14.2. The van der Waals surface area contributed by atoms with Crippen molar-refractivity contribution in [2.24, 2.45) is 4.99 Å². The summed E-state index contributed by atoms with van der Waals surface area (Å²) in [6, 6.07) is 14.3. The first-order valence-corrected chi connectivity index (χ1v) is 12.5. The molecule has 1 aliphatic rings. The SMILES string of the molecule is CCCCN1C(=Nc2ccccc2)SCC1(O)c1ccc(Cl)c(S(=O)(=O)N(C)C)c1. The number of sulfonamides is 1. The molecule has 0 spiro atoms. The van der Waals surface area contributed by atoms with Crippen molar-refractivity contribution < 1.29 is 13.5 Å². The summed E-state index contributed by atoms with van der Waals surface area (Å²) in [4.78, 5) is 6.57. The van der Waals surface area contributed by atoms with E-state index in [1.807, 2.05) is 35.2 Å². The van der Waals surface area contributed by atoms with Crippen molar-refractivity contribution >= 4 is 44.2 Å². The zero-order chi connectivity index (χ0) is 21.9. The fourth-order valence-corrected chi connectivity index (χ4v) is 5.78. The number of thioether (sulfide) groups is 1. The van der Waals surface area contributed by atoms with E-state index in [4.69, 9.17) is 16.6 Å². The molecule has 0 saturated carbocycles. The Balaban J connectivity index is 2.06. The first kappa shape index (κ1) is 23.1. The quantitative estimate of drug-likeness (QED) is 0.658. The van der Waals surface area contributed by atoms with Crippen molar-refractivity contribution in [1.29, 1.82) is 0 Å². The molecule has 1 heterocycles. The van der Waals surface area contributed by atoms with Gasteiger partial charge in [-0.15, -0.1) is 0 Å². The van der Waals surface area contributed by atoms with Gasteiger partial charge in [-0.1, -0.05) is 61.0 Å². The maximum absolute atomic E-state index is 12.7. The number of aliphatic imine (C=N–C) groups is 1. The van der Waals surface area contributed by atoms with Crippen molar-refractivity contribution in [2.45, 2.75) is 30.4 Å². The summed E-state index contributed by atoms with van der Waals surface area (Å²) in [5.41, 5.74) is -0.0962. The molecule has 30 heavy (non-hydrogen) atoms. The molecule has 1 aliphatic heterocycles. The molecule has 1 fully saturated rings. The van der Waals surface area contributed by atoms with Gasteiger partial charge in [-0.05, 0) is 30.7 Å². The van der Waals surface area contributed by atoms with Gasteiger partial charge in [-0.2, -0.15) is 0 Å². The Morgan fingerprint density at radius 2 is 1.93 bits per heavy atom. The second-order valence-electron chi connectivity index (χ2n) is 7.27. The average Bonchev–Trinajstić information content (AvgIpc) is 3.03. The van der Waals surface area contributed by atoms with Crippen molar-refractivity contribution in [1.82, 2.24) is 9.21 Å². The van der Waals surface area contributed by atoms with Crippen LogP contribution >= 0.6 is 23.4 Å². The summed E-state index contributed by atoms with van der Waals surface area (Å²) in [6.07, 6.45) is 1.82. The van der Waals surface area contributed by atoms with E-state index in [-0.39, 0.29) is 9.92 Å². The van der Waals surface area contributed by atoms with E-state index in [1.54, 1.807) is 6.07 Å². The Morgan fingerprint density at radius 3 is 2.57 bits per heavy atom. The van der Waals surface area contributed by atoms with Crippen LogP contribution in [0.15, 0.2) is 58.4 Å². The van der Waals surface area contributed by atoms with Crippen LogP contribution in [-0.4, -0.2) is 54.3 Å². The smallest absolute Gasteiger partial charge is 0.244 e. The van der Waals surface area contributed by atoms with Crippen LogP contribution in [-0.2, 0) is 15.7 Å². The predicted octanol–water partition coefficient (Wildman–Crippen LogP) is 4.27. The monoisotopic (exact) mass is 467 g/mol. The van der Waals surface area contributed by atoms with Gasteiger partial charge >= 0.3 is 0 Å². The number of halogens is 1. The molecule has 162 valence electrons. The number of unbranched alkanes of at least 4 members (excludes halogenated alkanes) is 1. The molecule has 0 amide bonds. The lowest BCUT2D eigenvalue weighted by Crippen LogP contribution is -2.45. The molecule has 0 bridgehead atoms. The van der Waals surface area contributed by atoms with Gasteiger partial charge < -0.3 is 10.0 Å². The third kappa shape index (κ3) is 4.53. The van der Waals surface area contributed by atoms with Crippen LogP contribution in [0, 0.1) is 0 Å². The lowest BCUT2D eigenvalue weighted by molar-refractivity contribution is -0.0483. The second kappa shape index (κ2) is 9.28. The highest BCUT2D eigenvalue weighted by Gasteiger charge is 2.45. The minimum Gasteiger partial charge on any atom is -0.366 e. The third-order valence-electron chi connectivity index (χ3n) is 4.95. The number of benzene rings is 2. The standard InChI is InChI=1S/C21H26ClN3O3S2/c1-4-5-13-25-20(23-17-9-7-6-8-10-17)29-15-21(25,26)16-11-12-18(22)19(14-16)30(27,28)24(2)3/h6-12,14,26H,4-5,13,15H2,1-3H3. The number of hydrogen-bond donors (Lipinski definition) is 1. The Kier molecular flexibility index (Phi) is 7.14. The van der Waals surface area contributed by atoms with Crippen LogP contribution in [0.3, 0.4) is 0 Å². The average molecular weight is 468 g/mol. The van der Waals surface area contributed by atoms with E-state index in [1.165, 1.54) is 38.0 Å². The molecule has 0 aromatic heterocycles. The topological polar surface area (TPSA) is 73.2 Å². The summed E-state index contributed by atoms with van der Waals surface area (Å²) < 4.78 is 26.5. The van der Waals surface area contributed by atoms with E-state index in [2.05, 4.69) is 6.92 Å². The van der Waals surface area contributed by atoms with E-state index in [9.17, 15) is 13.5 Å². The fraction of sp³-hybridized carbons (Fsp3) is 0.381. The third-order valence-corrected chi connectivity index (χ3v) is 8.36. The second-order valence-corrected chi connectivity index (χ2v) is 10.7. The van der Waals surface area contributed by atoms with Gasteiger partial charge in [0.1, 0.15) is 4.90 Å². The molecule has 2 aromatic carbocycles. The van der Waals surface area contributed by atoms with Crippen LogP contribution in [0.25, 0.3) is 0 Å². The highest BCUT2D eigenvalue weighted by molar-refractivity contribution is 8.14. The number of nitrogens with zero attached hydrogens (tertiary/aromatic N) is 3. The van der Waals surface area contributed by atoms with Crippen LogP contribution in [0.5, 0.6) is 0 Å². The van der Waals surface area contributed by atoms with Gasteiger partial charge in [0.05, 0.1) is 16.5 Å². The molecule has 3 rings (SSSR count). The van der Waals surface area contributed by atoms with Gasteiger partial charge in [0.25, 0.3) is 0 Å². The molecule has 1 saturated heterocycles. The number of amidine groups is 1. The molecule has 1 atom stereocenters. The van der Waals surface area contributed by atoms with Gasteiger partial charge in [0, 0.05) is 26.2 Å². The van der Waals surface area contributed by atoms with Crippen LogP contribution < -0.4 is 0 Å². The van der Waals surface area contributed by atoms with Crippen LogP contribution in [0.2, 0.25) is 5.02 Å². The molecular formula is C21H26ClN3O3S2. The molecule has 2 aromatic rings. The Hall–Kier alpha value is -1.58. The Bertz CT molecular complexity index is 1030. The molecule has 0 radical (unpaired) electrons. The molecule has 1 N–H and O–H groups in total. The van der Waals surface area contributed by atoms with Crippen molar-refractivity contribution in [3.05, 3.63) is 59.1 Å². The van der Waals surface area contributed by atoms with E-state index in [0.29, 0.717) is 23.0 Å². The number of para-hydroxylation sites is 1.